The van der Waals surface area contributed by atoms with Crippen LogP contribution in [0.4, 0.5) is 0 Å². The van der Waals surface area contributed by atoms with Crippen molar-refractivity contribution >= 4 is 29.7 Å². The fraction of sp³-hybridized carbons (Fsp3) is 0. The van der Waals surface area contributed by atoms with Crippen LogP contribution in [-0.2, 0) is 0 Å². The summed E-state index contributed by atoms with van der Waals surface area (Å²) in [7, 11) is 0. The Morgan fingerprint density at radius 3 is 2.31 bits per heavy atom. The molecule has 1 heterocycles. The van der Waals surface area contributed by atoms with Crippen LogP contribution in [0.1, 0.15) is 10.4 Å². The van der Waals surface area contributed by atoms with Gasteiger partial charge in [-0.2, -0.15) is 0 Å². The molecule has 82 valence electrons. The summed E-state index contributed by atoms with van der Waals surface area (Å²) in [5.74, 6) is -0.459. The van der Waals surface area contributed by atoms with Gasteiger partial charge in [-0.3, -0.25) is 4.79 Å². The van der Waals surface area contributed by atoms with Crippen molar-refractivity contribution in [2.75, 3.05) is 0 Å². The van der Waals surface area contributed by atoms with Crippen molar-refractivity contribution < 1.29 is 4.79 Å². The second-order valence-corrected chi connectivity index (χ2v) is 4.00. The molecule has 0 bridgehead atoms. The molecule has 0 saturated heterocycles. The zero-order valence-electron chi connectivity index (χ0n) is 8.08. The van der Waals surface area contributed by atoms with Crippen LogP contribution in [0.15, 0.2) is 24.3 Å². The van der Waals surface area contributed by atoms with Crippen LogP contribution >= 0.6 is 23.8 Å². The number of imidazole rings is 1. The zero-order valence-corrected chi connectivity index (χ0v) is 9.65. The number of aromatic amines is 2. The smallest absolute Gasteiger partial charge is 0.248 e. The molecule has 1 aromatic heterocycles. The largest absolute Gasteiger partial charge is 0.366 e. The van der Waals surface area contributed by atoms with Gasteiger partial charge in [0.15, 0.2) is 4.77 Å². The van der Waals surface area contributed by atoms with Crippen molar-refractivity contribution in [2.24, 2.45) is 5.73 Å². The number of carbonyl (C=O) groups is 1. The summed E-state index contributed by atoms with van der Waals surface area (Å²) in [6.07, 6.45) is 0. The van der Waals surface area contributed by atoms with Crippen molar-refractivity contribution in [3.05, 3.63) is 39.8 Å². The average molecular weight is 254 g/mol. The number of benzene rings is 1. The molecule has 4 N–H and O–H groups in total. The zero-order chi connectivity index (χ0) is 11.7. The Morgan fingerprint density at radius 2 is 1.88 bits per heavy atom. The second-order valence-electron chi connectivity index (χ2n) is 3.21. The highest BCUT2D eigenvalue weighted by Crippen LogP contribution is 2.24. The fourth-order valence-corrected chi connectivity index (χ4v) is 1.87. The van der Waals surface area contributed by atoms with Crippen LogP contribution in [0.5, 0.6) is 0 Å². The van der Waals surface area contributed by atoms with Crippen LogP contribution in [0.2, 0.25) is 5.15 Å². The van der Waals surface area contributed by atoms with Crippen LogP contribution in [0.3, 0.4) is 0 Å². The molecular weight excluding hydrogens is 246 g/mol. The lowest BCUT2D eigenvalue weighted by Gasteiger charge is -1.99. The van der Waals surface area contributed by atoms with Gasteiger partial charge in [-0.25, -0.2) is 0 Å². The maximum absolute atomic E-state index is 10.9. The number of halogens is 1. The van der Waals surface area contributed by atoms with E-state index in [1.54, 1.807) is 24.3 Å². The van der Waals surface area contributed by atoms with Crippen LogP contribution < -0.4 is 5.73 Å². The van der Waals surface area contributed by atoms with E-state index in [0.29, 0.717) is 21.2 Å². The number of amides is 1. The van der Waals surface area contributed by atoms with Gasteiger partial charge in [0.2, 0.25) is 5.91 Å². The summed E-state index contributed by atoms with van der Waals surface area (Å²) >= 11 is 10.9. The molecule has 4 nitrogen and oxygen atoms in total. The molecule has 2 aromatic rings. The minimum Gasteiger partial charge on any atom is -0.366 e. The highest BCUT2D eigenvalue weighted by atomic mass is 35.5. The molecule has 1 aromatic carbocycles. The number of primary amides is 1. The van der Waals surface area contributed by atoms with Crippen molar-refractivity contribution in [3.8, 4) is 11.3 Å². The van der Waals surface area contributed by atoms with Gasteiger partial charge >= 0.3 is 0 Å². The van der Waals surface area contributed by atoms with E-state index in [0.717, 1.165) is 5.56 Å². The molecule has 0 spiro atoms. The minimum absolute atomic E-state index is 0.442. The number of rotatable bonds is 2. The summed E-state index contributed by atoms with van der Waals surface area (Å²) in [5, 5.41) is 0.442. The van der Waals surface area contributed by atoms with Crippen molar-refractivity contribution in [1.82, 2.24) is 9.97 Å². The number of H-pyrrole nitrogens is 2. The quantitative estimate of drug-likeness (QED) is 0.720. The second kappa shape index (κ2) is 4.11. The van der Waals surface area contributed by atoms with E-state index in [1.165, 1.54) is 0 Å². The van der Waals surface area contributed by atoms with E-state index in [2.05, 4.69) is 9.97 Å². The molecule has 0 saturated carbocycles. The predicted octanol–water partition coefficient (Wildman–Crippen LogP) is 2.49. The van der Waals surface area contributed by atoms with Gasteiger partial charge in [0.1, 0.15) is 5.15 Å². The molecule has 2 rings (SSSR count). The number of nitrogens with two attached hydrogens (primary N) is 1. The first-order valence-corrected chi connectivity index (χ1v) is 5.24. The van der Waals surface area contributed by atoms with Gasteiger partial charge in [-0.1, -0.05) is 23.7 Å². The third-order valence-electron chi connectivity index (χ3n) is 2.14. The molecule has 6 heteroatoms. The van der Waals surface area contributed by atoms with Gasteiger partial charge < -0.3 is 15.7 Å². The monoisotopic (exact) mass is 253 g/mol. The SMILES string of the molecule is NC(=O)c1ccc(-c2[nH]c(=S)[nH]c2Cl)cc1. The summed E-state index contributed by atoms with van der Waals surface area (Å²) in [5.41, 5.74) is 7.13. The number of hydrogen-bond acceptors (Lipinski definition) is 2. The molecule has 0 aliphatic heterocycles. The third kappa shape index (κ3) is 2.00. The van der Waals surface area contributed by atoms with Crippen LogP contribution in [0.25, 0.3) is 11.3 Å². The van der Waals surface area contributed by atoms with Crippen LogP contribution in [0, 0.1) is 4.77 Å². The standard InChI is InChI=1S/C10H8ClN3OS/c11-8-7(13-10(16)14-8)5-1-3-6(4-2-5)9(12)15/h1-4H,(H2,12,15)(H2,13,14,16). The molecule has 0 radical (unpaired) electrons. The molecule has 0 aliphatic rings. The Kier molecular flexibility index (Phi) is 2.80. The number of carbonyl (C=O) groups excluding carboxylic acids is 1. The lowest BCUT2D eigenvalue weighted by molar-refractivity contribution is 0.100. The topological polar surface area (TPSA) is 74.7 Å². The highest BCUT2D eigenvalue weighted by Gasteiger charge is 2.07. The van der Waals surface area contributed by atoms with E-state index in [9.17, 15) is 4.79 Å². The first-order chi connectivity index (χ1) is 7.58. The lowest BCUT2D eigenvalue weighted by atomic mass is 10.1. The molecule has 0 atom stereocenters. The normalized spacial score (nSPS) is 10.3. The van der Waals surface area contributed by atoms with Gasteiger partial charge in [0.25, 0.3) is 0 Å². The summed E-state index contributed by atoms with van der Waals surface area (Å²) in [6, 6.07) is 6.77. The molecule has 0 aliphatic carbocycles. The highest BCUT2D eigenvalue weighted by molar-refractivity contribution is 7.71. The fourth-order valence-electron chi connectivity index (χ4n) is 1.36. The predicted molar refractivity (Wildman–Crippen MR) is 64.9 cm³/mol. The van der Waals surface area contributed by atoms with Crippen molar-refractivity contribution in [1.29, 1.82) is 0 Å². The van der Waals surface area contributed by atoms with Crippen molar-refractivity contribution in [2.45, 2.75) is 0 Å². The van der Waals surface area contributed by atoms with Gasteiger partial charge in [0.05, 0.1) is 5.69 Å². The molecular formula is C10H8ClN3OS. The van der Waals surface area contributed by atoms with Gasteiger partial charge in [-0.05, 0) is 24.4 Å². The molecule has 16 heavy (non-hydrogen) atoms. The first kappa shape index (κ1) is 10.9. The molecule has 0 unspecified atom stereocenters. The summed E-state index contributed by atoms with van der Waals surface area (Å²) in [6.45, 7) is 0. The maximum Gasteiger partial charge on any atom is 0.248 e. The summed E-state index contributed by atoms with van der Waals surface area (Å²) < 4.78 is 0.457. The number of nitrogens with one attached hydrogen (secondary N) is 2. The Hall–Kier alpha value is -1.59. The number of hydrogen-bond donors (Lipinski definition) is 3. The minimum atomic E-state index is -0.459. The van der Waals surface area contributed by atoms with Gasteiger partial charge in [-0.15, -0.1) is 0 Å². The first-order valence-electron chi connectivity index (χ1n) is 4.46. The van der Waals surface area contributed by atoms with E-state index >= 15 is 0 Å². The van der Waals surface area contributed by atoms with Crippen molar-refractivity contribution in [3.63, 3.8) is 0 Å². The summed E-state index contributed by atoms with van der Waals surface area (Å²) in [4.78, 5) is 16.6. The van der Waals surface area contributed by atoms with E-state index in [1.807, 2.05) is 0 Å². The van der Waals surface area contributed by atoms with E-state index in [-0.39, 0.29) is 0 Å². The molecule has 1 amide bonds. The Labute approximate surface area is 101 Å². The number of aromatic nitrogens is 2. The lowest BCUT2D eigenvalue weighted by Crippen LogP contribution is -2.10. The van der Waals surface area contributed by atoms with E-state index in [4.69, 9.17) is 29.6 Å². The van der Waals surface area contributed by atoms with Crippen LogP contribution in [-0.4, -0.2) is 15.9 Å². The molecule has 0 fully saturated rings. The Morgan fingerprint density at radius 1 is 1.25 bits per heavy atom. The van der Waals surface area contributed by atoms with Gasteiger partial charge in [0, 0.05) is 11.1 Å². The average Bonchev–Trinajstić information content (AvgIpc) is 2.58. The Bertz CT molecular complexity index is 585. The third-order valence-corrected chi connectivity index (χ3v) is 2.63. The maximum atomic E-state index is 10.9. The van der Waals surface area contributed by atoms with E-state index < -0.39 is 5.91 Å². The Balaban J connectivity index is 2.46.